The molecule has 2 aromatic rings. The molecule has 0 spiro atoms. The fourth-order valence-corrected chi connectivity index (χ4v) is 3.66. The van der Waals surface area contributed by atoms with Crippen LogP contribution in [0.1, 0.15) is 24.2 Å². The van der Waals surface area contributed by atoms with Crippen molar-refractivity contribution in [3.63, 3.8) is 0 Å². The molecule has 0 bridgehead atoms. The maximum atomic E-state index is 13.0. The average Bonchev–Trinajstić information content (AvgIpc) is 3.24. The maximum absolute atomic E-state index is 13.0. The van der Waals surface area contributed by atoms with Crippen molar-refractivity contribution in [1.29, 1.82) is 0 Å². The number of aryl methyl sites for hydroxylation is 1. The number of anilines is 1. The summed E-state index contributed by atoms with van der Waals surface area (Å²) in [6.07, 6.45) is 3.87. The molecule has 4 rings (SSSR count). The van der Waals surface area contributed by atoms with Gasteiger partial charge in [-0.05, 0) is 36.6 Å². The van der Waals surface area contributed by atoms with E-state index in [2.05, 4.69) is 6.07 Å². The average molecular weight is 324 g/mol. The fourth-order valence-electron chi connectivity index (χ4n) is 3.66. The number of carbonyl (C=O) groups is 2. The Kier molecular flexibility index (Phi) is 3.84. The van der Waals surface area contributed by atoms with Crippen molar-refractivity contribution < 1.29 is 14.0 Å². The molecule has 24 heavy (non-hydrogen) atoms. The highest BCUT2D eigenvalue weighted by molar-refractivity contribution is 5.99. The van der Waals surface area contributed by atoms with Gasteiger partial charge < -0.3 is 14.2 Å². The molecule has 5 heteroatoms. The number of furan rings is 1. The van der Waals surface area contributed by atoms with Crippen LogP contribution in [0.5, 0.6) is 0 Å². The summed E-state index contributed by atoms with van der Waals surface area (Å²) in [4.78, 5) is 28.8. The molecular weight excluding hydrogens is 304 g/mol. The summed E-state index contributed by atoms with van der Waals surface area (Å²) in [5.74, 6) is 0.575. The Labute approximate surface area is 140 Å². The molecule has 0 N–H and O–H groups in total. The van der Waals surface area contributed by atoms with E-state index in [-0.39, 0.29) is 24.2 Å². The second-order valence-corrected chi connectivity index (χ2v) is 6.48. The SMILES string of the molecule is O=C1CC(C(=O)N2CCCc3ccccc32)CN1Cc1ccco1. The predicted octanol–water partition coefficient (Wildman–Crippen LogP) is 2.61. The Morgan fingerprint density at radius 1 is 1.21 bits per heavy atom. The van der Waals surface area contributed by atoms with Gasteiger partial charge in [0.15, 0.2) is 0 Å². The van der Waals surface area contributed by atoms with Crippen LogP contribution in [0.3, 0.4) is 0 Å². The Morgan fingerprint density at radius 2 is 2.08 bits per heavy atom. The van der Waals surface area contributed by atoms with Gasteiger partial charge in [-0.15, -0.1) is 0 Å². The first kappa shape index (κ1) is 15.0. The molecule has 1 fully saturated rings. The molecule has 124 valence electrons. The van der Waals surface area contributed by atoms with Gasteiger partial charge in [-0.25, -0.2) is 0 Å². The molecule has 0 radical (unpaired) electrons. The van der Waals surface area contributed by atoms with Crippen molar-refractivity contribution in [3.05, 3.63) is 54.0 Å². The van der Waals surface area contributed by atoms with E-state index in [4.69, 9.17) is 4.42 Å². The first-order chi connectivity index (χ1) is 11.7. The Morgan fingerprint density at radius 3 is 2.92 bits per heavy atom. The van der Waals surface area contributed by atoms with Crippen molar-refractivity contribution in [3.8, 4) is 0 Å². The number of hydrogen-bond donors (Lipinski definition) is 0. The molecule has 1 aromatic heterocycles. The summed E-state index contributed by atoms with van der Waals surface area (Å²) < 4.78 is 5.31. The van der Waals surface area contributed by atoms with Gasteiger partial charge in [0, 0.05) is 25.2 Å². The van der Waals surface area contributed by atoms with E-state index in [1.165, 1.54) is 5.56 Å². The van der Waals surface area contributed by atoms with Crippen LogP contribution in [0.25, 0.3) is 0 Å². The number of likely N-dealkylation sites (tertiary alicyclic amines) is 1. The van der Waals surface area contributed by atoms with Crippen LogP contribution in [0.2, 0.25) is 0 Å². The van der Waals surface area contributed by atoms with Crippen molar-refractivity contribution >= 4 is 17.5 Å². The highest BCUT2D eigenvalue weighted by atomic mass is 16.3. The molecule has 2 aliphatic rings. The molecule has 2 amide bonds. The summed E-state index contributed by atoms with van der Waals surface area (Å²) in [6, 6.07) is 11.7. The molecule has 1 aromatic carbocycles. The number of fused-ring (bicyclic) bond motifs is 1. The minimum atomic E-state index is -0.265. The number of hydrogen-bond acceptors (Lipinski definition) is 3. The predicted molar refractivity (Wildman–Crippen MR) is 89.3 cm³/mol. The normalized spacial score (nSPS) is 20.3. The minimum Gasteiger partial charge on any atom is -0.467 e. The number of rotatable bonds is 3. The van der Waals surface area contributed by atoms with Crippen molar-refractivity contribution in [2.45, 2.75) is 25.8 Å². The van der Waals surface area contributed by atoms with E-state index in [0.717, 1.165) is 30.8 Å². The first-order valence-electron chi connectivity index (χ1n) is 8.42. The lowest BCUT2D eigenvalue weighted by atomic mass is 9.99. The Bertz CT molecular complexity index is 754. The number of amides is 2. The maximum Gasteiger partial charge on any atom is 0.232 e. The minimum absolute atomic E-state index is 0.0232. The first-order valence-corrected chi connectivity index (χ1v) is 8.42. The van der Waals surface area contributed by atoms with Gasteiger partial charge in [-0.3, -0.25) is 9.59 Å². The van der Waals surface area contributed by atoms with Crippen molar-refractivity contribution in [1.82, 2.24) is 4.90 Å². The largest absolute Gasteiger partial charge is 0.467 e. The number of nitrogens with zero attached hydrogens (tertiary/aromatic N) is 2. The zero-order chi connectivity index (χ0) is 16.5. The van der Waals surface area contributed by atoms with Crippen LogP contribution in [-0.2, 0) is 22.6 Å². The third-order valence-electron chi connectivity index (χ3n) is 4.87. The van der Waals surface area contributed by atoms with E-state index in [1.807, 2.05) is 35.2 Å². The summed E-state index contributed by atoms with van der Waals surface area (Å²) >= 11 is 0. The molecule has 3 heterocycles. The Balaban J connectivity index is 1.49. The summed E-state index contributed by atoms with van der Waals surface area (Å²) in [7, 11) is 0. The van der Waals surface area contributed by atoms with Gasteiger partial charge in [0.25, 0.3) is 0 Å². The van der Waals surface area contributed by atoms with E-state index in [0.29, 0.717) is 13.1 Å². The van der Waals surface area contributed by atoms with Gasteiger partial charge in [0.1, 0.15) is 5.76 Å². The van der Waals surface area contributed by atoms with Gasteiger partial charge in [-0.2, -0.15) is 0 Å². The smallest absolute Gasteiger partial charge is 0.232 e. The van der Waals surface area contributed by atoms with Gasteiger partial charge in [-0.1, -0.05) is 18.2 Å². The Hall–Kier alpha value is -2.56. The fraction of sp³-hybridized carbons (Fsp3) is 0.368. The van der Waals surface area contributed by atoms with Crippen LogP contribution >= 0.6 is 0 Å². The zero-order valence-electron chi connectivity index (χ0n) is 13.5. The van der Waals surface area contributed by atoms with E-state index in [1.54, 1.807) is 11.2 Å². The molecule has 0 aliphatic carbocycles. The van der Waals surface area contributed by atoms with Gasteiger partial charge >= 0.3 is 0 Å². The molecule has 1 unspecified atom stereocenters. The molecule has 1 saturated heterocycles. The lowest BCUT2D eigenvalue weighted by Gasteiger charge is -2.31. The quantitative estimate of drug-likeness (QED) is 0.872. The van der Waals surface area contributed by atoms with Crippen LogP contribution < -0.4 is 4.90 Å². The third-order valence-corrected chi connectivity index (χ3v) is 4.87. The lowest BCUT2D eigenvalue weighted by Crippen LogP contribution is -2.40. The molecule has 1 atom stereocenters. The molecule has 0 saturated carbocycles. The van der Waals surface area contributed by atoms with Crippen LogP contribution in [0, 0.1) is 5.92 Å². The number of benzene rings is 1. The highest BCUT2D eigenvalue weighted by Gasteiger charge is 2.38. The molecular formula is C19H20N2O3. The highest BCUT2D eigenvalue weighted by Crippen LogP contribution is 2.30. The van der Waals surface area contributed by atoms with E-state index >= 15 is 0 Å². The second-order valence-electron chi connectivity index (χ2n) is 6.48. The van der Waals surface area contributed by atoms with E-state index < -0.39 is 0 Å². The summed E-state index contributed by atoms with van der Waals surface area (Å²) in [5, 5.41) is 0. The van der Waals surface area contributed by atoms with Crippen LogP contribution in [0.15, 0.2) is 47.1 Å². The molecule has 2 aliphatic heterocycles. The number of carbonyl (C=O) groups excluding carboxylic acids is 2. The van der Waals surface area contributed by atoms with Gasteiger partial charge in [0.2, 0.25) is 11.8 Å². The third kappa shape index (κ3) is 2.70. The van der Waals surface area contributed by atoms with Gasteiger partial charge in [0.05, 0.1) is 18.7 Å². The topological polar surface area (TPSA) is 53.8 Å². The monoisotopic (exact) mass is 324 g/mol. The van der Waals surface area contributed by atoms with E-state index in [9.17, 15) is 9.59 Å². The summed E-state index contributed by atoms with van der Waals surface area (Å²) in [6.45, 7) is 1.64. The van der Waals surface area contributed by atoms with Crippen molar-refractivity contribution in [2.75, 3.05) is 18.0 Å². The zero-order valence-corrected chi connectivity index (χ0v) is 13.5. The second kappa shape index (κ2) is 6.15. The van der Waals surface area contributed by atoms with Crippen molar-refractivity contribution in [2.24, 2.45) is 5.92 Å². The lowest BCUT2D eigenvalue weighted by molar-refractivity contribution is -0.129. The standard InChI is InChI=1S/C19H20N2O3/c22-18-11-15(12-20(18)13-16-7-4-10-24-16)19(23)21-9-3-6-14-5-1-2-8-17(14)21/h1-2,4-5,7-8,10,15H,3,6,9,11-13H2. The number of para-hydroxylation sites is 1. The summed E-state index contributed by atoms with van der Waals surface area (Å²) in [5.41, 5.74) is 2.22. The van der Waals surface area contributed by atoms with Crippen LogP contribution in [0.4, 0.5) is 5.69 Å². The van der Waals surface area contributed by atoms with Crippen LogP contribution in [-0.4, -0.2) is 29.8 Å². The molecule has 5 nitrogen and oxygen atoms in total.